The summed E-state index contributed by atoms with van der Waals surface area (Å²) in [5, 5.41) is 13.4. The molecule has 2 N–H and O–H groups in total. The molecule has 0 spiro atoms. The van der Waals surface area contributed by atoms with Gasteiger partial charge in [-0.15, -0.1) is 0 Å². The second kappa shape index (κ2) is 8.69. The summed E-state index contributed by atoms with van der Waals surface area (Å²) < 4.78 is 0. The van der Waals surface area contributed by atoms with Gasteiger partial charge in [-0.2, -0.15) is 0 Å². The number of amides is 1. The summed E-state index contributed by atoms with van der Waals surface area (Å²) >= 11 is 0. The van der Waals surface area contributed by atoms with E-state index >= 15 is 0 Å². The maximum absolute atomic E-state index is 12.2. The molecule has 1 aliphatic rings. The van der Waals surface area contributed by atoms with Gasteiger partial charge in [-0.25, -0.2) is 0 Å². The number of hydrogen-bond acceptors (Lipinski definition) is 2. The lowest BCUT2D eigenvalue weighted by Gasteiger charge is -2.26. The van der Waals surface area contributed by atoms with Gasteiger partial charge in [0.25, 0.3) is 5.91 Å². The van der Waals surface area contributed by atoms with Crippen LogP contribution in [0.2, 0.25) is 0 Å². The van der Waals surface area contributed by atoms with Crippen molar-refractivity contribution in [3.8, 4) is 11.8 Å². The molecule has 3 nitrogen and oxygen atoms in total. The van der Waals surface area contributed by atoms with Crippen molar-refractivity contribution in [2.75, 3.05) is 6.54 Å². The molecule has 3 heteroatoms. The van der Waals surface area contributed by atoms with Gasteiger partial charge in [0.05, 0.1) is 0 Å². The topological polar surface area (TPSA) is 49.3 Å². The fourth-order valence-corrected chi connectivity index (χ4v) is 3.22. The Balaban J connectivity index is 1.53. The monoisotopic (exact) mass is 347 g/mol. The van der Waals surface area contributed by atoms with Gasteiger partial charge in [0.1, 0.15) is 5.60 Å². The highest BCUT2D eigenvalue weighted by Crippen LogP contribution is 2.27. The first kappa shape index (κ1) is 18.2. The molecule has 0 saturated heterocycles. The zero-order valence-electron chi connectivity index (χ0n) is 15.0. The Bertz CT molecular complexity index is 778. The van der Waals surface area contributed by atoms with Crippen LogP contribution in [-0.2, 0) is 6.42 Å². The highest BCUT2D eigenvalue weighted by molar-refractivity contribution is 5.94. The van der Waals surface area contributed by atoms with Gasteiger partial charge in [0, 0.05) is 17.7 Å². The Morgan fingerprint density at radius 2 is 1.69 bits per heavy atom. The predicted molar refractivity (Wildman–Crippen MR) is 104 cm³/mol. The summed E-state index contributed by atoms with van der Waals surface area (Å²) in [7, 11) is 0. The van der Waals surface area contributed by atoms with Crippen LogP contribution in [0.15, 0.2) is 54.6 Å². The maximum Gasteiger partial charge on any atom is 0.251 e. The third-order valence-corrected chi connectivity index (χ3v) is 4.81. The van der Waals surface area contributed by atoms with Gasteiger partial charge in [-0.05, 0) is 61.9 Å². The Kier molecular flexibility index (Phi) is 6.09. The van der Waals surface area contributed by atoms with Crippen LogP contribution in [0.4, 0.5) is 0 Å². The van der Waals surface area contributed by atoms with E-state index in [-0.39, 0.29) is 5.91 Å². The van der Waals surface area contributed by atoms with Crippen LogP contribution in [0.25, 0.3) is 0 Å². The van der Waals surface area contributed by atoms with E-state index in [1.165, 1.54) is 12.0 Å². The molecule has 1 amide bonds. The van der Waals surface area contributed by atoms with E-state index in [9.17, 15) is 9.90 Å². The van der Waals surface area contributed by atoms with Gasteiger partial charge in [-0.3, -0.25) is 4.79 Å². The van der Waals surface area contributed by atoms with Crippen LogP contribution >= 0.6 is 0 Å². The lowest BCUT2D eigenvalue weighted by atomic mass is 9.85. The number of aliphatic hydroxyl groups is 1. The zero-order chi connectivity index (χ0) is 18.2. The molecule has 2 aromatic carbocycles. The molecule has 134 valence electrons. The second-order valence-electron chi connectivity index (χ2n) is 6.91. The van der Waals surface area contributed by atoms with Crippen molar-refractivity contribution < 1.29 is 9.90 Å². The van der Waals surface area contributed by atoms with Crippen LogP contribution in [-0.4, -0.2) is 23.2 Å². The molecule has 2 aromatic rings. The zero-order valence-corrected chi connectivity index (χ0v) is 15.0. The standard InChI is InChI=1S/C23H25NO2/c25-22(24-18-14-19-7-3-1-4-8-19)21-11-9-20(10-12-21)13-17-23(26)15-5-2-6-16-23/h1,3-4,7-12,26H,2,5-6,14-16,18H2,(H,24,25). The van der Waals surface area contributed by atoms with E-state index in [1.807, 2.05) is 30.3 Å². The molecule has 0 atom stereocenters. The molecule has 0 bridgehead atoms. The predicted octanol–water partition coefficient (Wildman–Crippen LogP) is 3.71. The van der Waals surface area contributed by atoms with E-state index in [0.717, 1.165) is 37.7 Å². The van der Waals surface area contributed by atoms with Crippen molar-refractivity contribution in [1.82, 2.24) is 5.32 Å². The van der Waals surface area contributed by atoms with Crippen LogP contribution in [0.1, 0.15) is 53.6 Å². The van der Waals surface area contributed by atoms with Crippen molar-refractivity contribution in [1.29, 1.82) is 0 Å². The number of rotatable bonds is 4. The molecule has 0 aromatic heterocycles. The first-order valence-corrected chi connectivity index (χ1v) is 9.32. The summed E-state index contributed by atoms with van der Waals surface area (Å²) in [6, 6.07) is 17.3. The molecular weight excluding hydrogens is 322 g/mol. The number of benzene rings is 2. The van der Waals surface area contributed by atoms with E-state index in [2.05, 4.69) is 29.3 Å². The average molecular weight is 347 g/mol. The summed E-state index contributed by atoms with van der Waals surface area (Å²) in [4.78, 5) is 12.2. The van der Waals surface area contributed by atoms with Crippen molar-refractivity contribution in [2.45, 2.75) is 44.1 Å². The van der Waals surface area contributed by atoms with E-state index in [4.69, 9.17) is 0 Å². The molecular formula is C23H25NO2. The molecule has 1 aliphatic carbocycles. The highest BCUT2D eigenvalue weighted by Gasteiger charge is 2.26. The minimum Gasteiger partial charge on any atom is -0.378 e. The molecule has 0 heterocycles. The fourth-order valence-electron chi connectivity index (χ4n) is 3.22. The highest BCUT2D eigenvalue weighted by atomic mass is 16.3. The number of nitrogens with one attached hydrogen (secondary N) is 1. The largest absolute Gasteiger partial charge is 0.378 e. The summed E-state index contributed by atoms with van der Waals surface area (Å²) in [6.45, 7) is 0.609. The smallest absolute Gasteiger partial charge is 0.251 e. The molecule has 3 rings (SSSR count). The third kappa shape index (κ3) is 5.21. The van der Waals surface area contributed by atoms with E-state index in [0.29, 0.717) is 12.1 Å². The Labute approximate surface area is 155 Å². The van der Waals surface area contributed by atoms with Gasteiger partial charge >= 0.3 is 0 Å². The average Bonchev–Trinajstić information content (AvgIpc) is 2.68. The second-order valence-corrected chi connectivity index (χ2v) is 6.91. The van der Waals surface area contributed by atoms with Gasteiger partial charge in [0.2, 0.25) is 0 Å². The Morgan fingerprint density at radius 1 is 1.00 bits per heavy atom. The summed E-state index contributed by atoms with van der Waals surface area (Å²) in [6.07, 6.45) is 5.57. The normalized spacial score (nSPS) is 15.6. The lowest BCUT2D eigenvalue weighted by Crippen LogP contribution is -2.29. The van der Waals surface area contributed by atoms with Crippen LogP contribution in [0.5, 0.6) is 0 Å². The Hall–Kier alpha value is -2.57. The molecule has 26 heavy (non-hydrogen) atoms. The molecule has 0 radical (unpaired) electrons. The number of hydrogen-bond donors (Lipinski definition) is 2. The number of carbonyl (C=O) groups is 1. The molecule has 1 saturated carbocycles. The Morgan fingerprint density at radius 3 is 2.38 bits per heavy atom. The fraction of sp³-hybridized carbons (Fsp3) is 0.348. The first-order valence-electron chi connectivity index (χ1n) is 9.32. The van der Waals surface area contributed by atoms with Crippen LogP contribution in [0, 0.1) is 11.8 Å². The number of carbonyl (C=O) groups excluding carboxylic acids is 1. The van der Waals surface area contributed by atoms with E-state index in [1.54, 1.807) is 12.1 Å². The first-order chi connectivity index (χ1) is 12.6. The van der Waals surface area contributed by atoms with Gasteiger partial charge in [-0.1, -0.05) is 48.6 Å². The SMILES string of the molecule is O=C(NCCc1ccccc1)c1ccc(C#CC2(O)CCCCC2)cc1. The van der Waals surface area contributed by atoms with Crippen LogP contribution in [0.3, 0.4) is 0 Å². The summed E-state index contributed by atoms with van der Waals surface area (Å²) in [5.74, 6) is 6.00. The van der Waals surface area contributed by atoms with Crippen molar-refractivity contribution >= 4 is 5.91 Å². The molecule has 0 unspecified atom stereocenters. The van der Waals surface area contributed by atoms with Crippen molar-refractivity contribution in [3.63, 3.8) is 0 Å². The minimum absolute atomic E-state index is 0.0775. The molecule has 1 fully saturated rings. The van der Waals surface area contributed by atoms with E-state index < -0.39 is 5.60 Å². The van der Waals surface area contributed by atoms with Crippen molar-refractivity contribution in [2.24, 2.45) is 0 Å². The maximum atomic E-state index is 12.2. The van der Waals surface area contributed by atoms with Gasteiger partial charge in [0.15, 0.2) is 0 Å². The minimum atomic E-state index is -0.842. The quantitative estimate of drug-likeness (QED) is 0.829. The molecule has 0 aliphatic heterocycles. The third-order valence-electron chi connectivity index (χ3n) is 4.81. The van der Waals surface area contributed by atoms with Crippen LogP contribution < -0.4 is 5.32 Å². The summed E-state index contributed by atoms with van der Waals surface area (Å²) in [5.41, 5.74) is 1.81. The van der Waals surface area contributed by atoms with Crippen molar-refractivity contribution in [3.05, 3.63) is 71.3 Å². The van der Waals surface area contributed by atoms with Gasteiger partial charge < -0.3 is 10.4 Å². The lowest BCUT2D eigenvalue weighted by molar-refractivity contribution is 0.0610.